The highest BCUT2D eigenvalue weighted by molar-refractivity contribution is 5.31. The quantitative estimate of drug-likeness (QED) is 0.575. The highest BCUT2D eigenvalue weighted by Gasteiger charge is 2.05. The molecule has 2 N–H and O–H groups in total. The van der Waals surface area contributed by atoms with Gasteiger partial charge in [0, 0.05) is 6.54 Å². The summed E-state index contributed by atoms with van der Waals surface area (Å²) in [5, 5.41) is 12.7. The van der Waals surface area contributed by atoms with E-state index in [1.54, 1.807) is 6.92 Å². The molecule has 17 heavy (non-hydrogen) atoms. The van der Waals surface area contributed by atoms with E-state index in [-0.39, 0.29) is 6.61 Å². The lowest BCUT2D eigenvalue weighted by molar-refractivity contribution is 0.107. The summed E-state index contributed by atoms with van der Waals surface area (Å²) in [6.07, 6.45) is -0.520. The lowest BCUT2D eigenvalue weighted by Gasteiger charge is -2.13. The lowest BCUT2D eigenvalue weighted by Crippen LogP contribution is -2.31. The van der Waals surface area contributed by atoms with E-state index in [2.05, 4.69) is 17.2 Å². The molecule has 0 fully saturated rings. The first-order valence-corrected chi connectivity index (χ1v) is 5.71. The molecule has 1 rings (SSSR count). The first kappa shape index (κ1) is 13.6. The maximum atomic E-state index is 9.67. The standard InChI is InChI=1S/C14H19NO2/c1-3-4-9-15-10-13(16)11-17-14-8-6-5-7-12(14)2/h5-8,13,15-16H,9-11H2,1-2H3. The van der Waals surface area contributed by atoms with E-state index in [1.165, 1.54) is 0 Å². The van der Waals surface area contributed by atoms with Crippen molar-refractivity contribution in [2.24, 2.45) is 0 Å². The van der Waals surface area contributed by atoms with Gasteiger partial charge >= 0.3 is 0 Å². The molecule has 0 radical (unpaired) electrons. The number of hydrogen-bond donors (Lipinski definition) is 2. The Kier molecular flexibility index (Phi) is 6.16. The summed E-state index contributed by atoms with van der Waals surface area (Å²) in [6.45, 7) is 5.14. The number of aryl methyl sites for hydroxylation is 1. The summed E-state index contributed by atoms with van der Waals surface area (Å²) < 4.78 is 5.53. The fourth-order valence-electron chi connectivity index (χ4n) is 1.35. The third-order valence-corrected chi connectivity index (χ3v) is 2.29. The summed E-state index contributed by atoms with van der Waals surface area (Å²) in [6, 6.07) is 7.77. The van der Waals surface area contributed by atoms with Crippen LogP contribution in [0.1, 0.15) is 12.5 Å². The molecule has 3 nitrogen and oxygen atoms in total. The van der Waals surface area contributed by atoms with Gasteiger partial charge < -0.3 is 15.2 Å². The minimum Gasteiger partial charge on any atom is -0.491 e. The predicted octanol–water partition coefficient (Wildman–Crippen LogP) is 1.35. The molecule has 3 heteroatoms. The van der Waals surface area contributed by atoms with E-state index in [0.29, 0.717) is 13.1 Å². The number of ether oxygens (including phenoxy) is 1. The minimum atomic E-state index is -0.520. The molecule has 0 amide bonds. The van der Waals surface area contributed by atoms with Gasteiger partial charge in [-0.3, -0.25) is 0 Å². The molecule has 1 aromatic rings. The monoisotopic (exact) mass is 233 g/mol. The first-order valence-electron chi connectivity index (χ1n) is 5.71. The molecular formula is C14H19NO2. The number of hydrogen-bond acceptors (Lipinski definition) is 3. The van der Waals surface area contributed by atoms with Gasteiger partial charge in [-0.15, -0.1) is 5.92 Å². The van der Waals surface area contributed by atoms with Gasteiger partial charge in [0.05, 0.1) is 6.54 Å². The molecule has 0 aliphatic heterocycles. The van der Waals surface area contributed by atoms with Crippen LogP contribution < -0.4 is 10.1 Å². The van der Waals surface area contributed by atoms with Gasteiger partial charge in [0.25, 0.3) is 0 Å². The van der Waals surface area contributed by atoms with E-state index >= 15 is 0 Å². The Morgan fingerprint density at radius 3 is 2.88 bits per heavy atom. The largest absolute Gasteiger partial charge is 0.491 e. The van der Waals surface area contributed by atoms with Crippen LogP contribution in [0.4, 0.5) is 0 Å². The Balaban J connectivity index is 2.25. The van der Waals surface area contributed by atoms with Gasteiger partial charge in [0.1, 0.15) is 18.5 Å². The Labute approximate surface area is 103 Å². The van der Waals surface area contributed by atoms with E-state index in [9.17, 15) is 5.11 Å². The highest BCUT2D eigenvalue weighted by Crippen LogP contribution is 2.15. The second-order valence-corrected chi connectivity index (χ2v) is 3.79. The van der Waals surface area contributed by atoms with E-state index in [4.69, 9.17) is 4.74 Å². The fraction of sp³-hybridized carbons (Fsp3) is 0.429. The Hall–Kier alpha value is -1.50. The van der Waals surface area contributed by atoms with Gasteiger partial charge in [-0.05, 0) is 25.5 Å². The second-order valence-electron chi connectivity index (χ2n) is 3.79. The Morgan fingerprint density at radius 2 is 2.18 bits per heavy atom. The summed E-state index contributed by atoms with van der Waals surface area (Å²) in [5.41, 5.74) is 1.07. The van der Waals surface area contributed by atoms with Crippen LogP contribution in [-0.2, 0) is 0 Å². The van der Waals surface area contributed by atoms with E-state index in [0.717, 1.165) is 11.3 Å². The van der Waals surface area contributed by atoms with Gasteiger partial charge in [-0.2, -0.15) is 0 Å². The molecule has 0 aliphatic rings. The Bertz CT molecular complexity index is 393. The van der Waals surface area contributed by atoms with Crippen molar-refractivity contribution in [3.8, 4) is 17.6 Å². The van der Waals surface area contributed by atoms with Crippen LogP contribution in [0.3, 0.4) is 0 Å². The zero-order valence-electron chi connectivity index (χ0n) is 10.4. The molecule has 0 spiro atoms. The first-order chi connectivity index (χ1) is 8.24. The zero-order chi connectivity index (χ0) is 12.5. The molecule has 0 saturated carbocycles. The summed E-state index contributed by atoms with van der Waals surface area (Å²) in [5.74, 6) is 6.47. The average molecular weight is 233 g/mol. The molecule has 0 saturated heterocycles. The molecule has 1 aromatic carbocycles. The zero-order valence-corrected chi connectivity index (χ0v) is 10.4. The van der Waals surface area contributed by atoms with Crippen molar-refractivity contribution in [2.45, 2.75) is 20.0 Å². The third-order valence-electron chi connectivity index (χ3n) is 2.29. The van der Waals surface area contributed by atoms with Crippen LogP contribution in [0, 0.1) is 18.8 Å². The maximum Gasteiger partial charge on any atom is 0.122 e. The SMILES string of the molecule is CC#CCNCC(O)COc1ccccc1C. The van der Waals surface area contributed by atoms with Gasteiger partial charge in [-0.1, -0.05) is 24.1 Å². The highest BCUT2D eigenvalue weighted by atomic mass is 16.5. The fourth-order valence-corrected chi connectivity index (χ4v) is 1.35. The summed E-state index contributed by atoms with van der Waals surface area (Å²) in [4.78, 5) is 0. The van der Waals surface area contributed by atoms with Crippen molar-refractivity contribution in [2.75, 3.05) is 19.7 Å². The van der Waals surface area contributed by atoms with Crippen LogP contribution in [0.5, 0.6) is 5.75 Å². The number of aliphatic hydroxyl groups excluding tert-OH is 1. The molecule has 1 atom stereocenters. The second kappa shape index (κ2) is 7.72. The topological polar surface area (TPSA) is 41.5 Å². The Morgan fingerprint density at radius 1 is 1.41 bits per heavy atom. The smallest absolute Gasteiger partial charge is 0.122 e. The number of aliphatic hydroxyl groups is 1. The molecule has 1 unspecified atom stereocenters. The van der Waals surface area contributed by atoms with Crippen molar-refractivity contribution < 1.29 is 9.84 Å². The predicted molar refractivity (Wildman–Crippen MR) is 69.0 cm³/mol. The number of para-hydroxylation sites is 1. The van der Waals surface area contributed by atoms with Crippen molar-refractivity contribution in [3.63, 3.8) is 0 Å². The number of nitrogens with one attached hydrogen (secondary N) is 1. The summed E-state index contributed by atoms with van der Waals surface area (Å²) in [7, 11) is 0. The van der Waals surface area contributed by atoms with Crippen molar-refractivity contribution >= 4 is 0 Å². The van der Waals surface area contributed by atoms with Crippen LogP contribution >= 0.6 is 0 Å². The van der Waals surface area contributed by atoms with Crippen molar-refractivity contribution in [1.82, 2.24) is 5.32 Å². The molecular weight excluding hydrogens is 214 g/mol. The van der Waals surface area contributed by atoms with E-state index in [1.807, 2.05) is 31.2 Å². The van der Waals surface area contributed by atoms with Gasteiger partial charge in [0.2, 0.25) is 0 Å². The van der Waals surface area contributed by atoms with Crippen LogP contribution in [-0.4, -0.2) is 30.9 Å². The van der Waals surface area contributed by atoms with Gasteiger partial charge in [-0.25, -0.2) is 0 Å². The van der Waals surface area contributed by atoms with Crippen molar-refractivity contribution in [1.29, 1.82) is 0 Å². The average Bonchev–Trinajstić information content (AvgIpc) is 2.34. The number of rotatable bonds is 6. The molecule has 92 valence electrons. The van der Waals surface area contributed by atoms with Gasteiger partial charge in [0.15, 0.2) is 0 Å². The molecule has 0 aliphatic carbocycles. The molecule has 0 bridgehead atoms. The van der Waals surface area contributed by atoms with Crippen molar-refractivity contribution in [3.05, 3.63) is 29.8 Å². The maximum absolute atomic E-state index is 9.67. The number of benzene rings is 1. The summed E-state index contributed by atoms with van der Waals surface area (Å²) >= 11 is 0. The van der Waals surface area contributed by atoms with Crippen LogP contribution in [0.2, 0.25) is 0 Å². The molecule has 0 aromatic heterocycles. The van der Waals surface area contributed by atoms with Crippen LogP contribution in [0.15, 0.2) is 24.3 Å². The van der Waals surface area contributed by atoms with Crippen LogP contribution in [0.25, 0.3) is 0 Å². The minimum absolute atomic E-state index is 0.289. The lowest BCUT2D eigenvalue weighted by atomic mass is 10.2. The molecule has 0 heterocycles. The third kappa shape index (κ3) is 5.39. The normalized spacial score (nSPS) is 11.5. The van der Waals surface area contributed by atoms with E-state index < -0.39 is 6.10 Å².